The third-order valence-electron chi connectivity index (χ3n) is 3.11. The number of ether oxygens (including phenoxy) is 1. The number of anilines is 2. The highest BCUT2D eigenvalue weighted by Gasteiger charge is 2.29. The third-order valence-corrected chi connectivity index (χ3v) is 6.06. The van der Waals surface area contributed by atoms with Gasteiger partial charge >= 0.3 is 0 Å². The number of hydrogen-bond donors (Lipinski definition) is 1. The van der Waals surface area contributed by atoms with Crippen molar-refractivity contribution in [1.29, 1.82) is 0 Å². The van der Waals surface area contributed by atoms with Gasteiger partial charge in [0.25, 0.3) is 0 Å². The molecule has 1 heterocycles. The van der Waals surface area contributed by atoms with Crippen molar-refractivity contribution >= 4 is 31.4 Å². The van der Waals surface area contributed by atoms with Crippen LogP contribution >= 0.6 is 0 Å². The highest BCUT2D eigenvalue weighted by molar-refractivity contribution is 7.93. The Morgan fingerprint density at radius 2 is 2.18 bits per heavy atom. The Kier molecular flexibility index (Phi) is 4.53. The van der Waals surface area contributed by atoms with Gasteiger partial charge in [-0.05, 0) is 18.6 Å². The summed E-state index contributed by atoms with van der Waals surface area (Å²) in [6.07, 6.45) is 5.56. The van der Waals surface area contributed by atoms with E-state index < -0.39 is 25.8 Å². The van der Waals surface area contributed by atoms with Crippen molar-refractivity contribution in [3.05, 3.63) is 18.2 Å². The lowest BCUT2D eigenvalue weighted by atomic mass is 10.2. The second-order valence-electron chi connectivity index (χ2n) is 4.69. The Morgan fingerprint density at radius 1 is 1.45 bits per heavy atom. The molecule has 1 aromatic carbocycles. The number of hydrogen-bond acceptors (Lipinski definition) is 5. The first-order valence-electron chi connectivity index (χ1n) is 6.41. The van der Waals surface area contributed by atoms with E-state index in [1.807, 2.05) is 0 Å². The molecule has 1 aromatic rings. The van der Waals surface area contributed by atoms with Crippen molar-refractivity contribution in [2.24, 2.45) is 0 Å². The van der Waals surface area contributed by atoms with E-state index in [1.165, 1.54) is 29.6 Å². The van der Waals surface area contributed by atoms with Crippen molar-refractivity contribution in [1.82, 2.24) is 0 Å². The zero-order valence-corrected chi connectivity index (χ0v) is 13.6. The summed E-state index contributed by atoms with van der Waals surface area (Å²) in [5.74, 6) is 1.92. The van der Waals surface area contributed by atoms with Gasteiger partial charge in [0.2, 0.25) is 20.0 Å². The first-order valence-corrected chi connectivity index (χ1v) is 9.67. The quantitative estimate of drug-likeness (QED) is 0.790. The van der Waals surface area contributed by atoms with Crippen LogP contribution in [0.3, 0.4) is 0 Å². The molecule has 1 fully saturated rings. The van der Waals surface area contributed by atoms with Gasteiger partial charge in [-0.1, -0.05) is 5.92 Å². The molecule has 22 heavy (non-hydrogen) atoms. The summed E-state index contributed by atoms with van der Waals surface area (Å²) in [7, 11) is -5.61. The first kappa shape index (κ1) is 16.5. The fraction of sp³-hybridized carbons (Fsp3) is 0.385. The summed E-state index contributed by atoms with van der Waals surface area (Å²) in [4.78, 5) is 0. The van der Waals surface area contributed by atoms with Crippen LogP contribution in [-0.4, -0.2) is 42.0 Å². The molecule has 0 aliphatic carbocycles. The fourth-order valence-electron chi connectivity index (χ4n) is 2.16. The third kappa shape index (κ3) is 3.45. The van der Waals surface area contributed by atoms with Gasteiger partial charge in [-0.15, -0.1) is 6.42 Å². The molecule has 0 atom stereocenters. The highest BCUT2D eigenvalue weighted by atomic mass is 32.2. The number of methoxy groups -OCH3 is 1. The molecule has 9 heteroatoms. The van der Waals surface area contributed by atoms with Crippen LogP contribution in [0.2, 0.25) is 0 Å². The summed E-state index contributed by atoms with van der Waals surface area (Å²) in [5.41, 5.74) is 0.646. The van der Waals surface area contributed by atoms with Crippen LogP contribution in [0.1, 0.15) is 6.42 Å². The maximum absolute atomic E-state index is 11.9. The zero-order valence-electron chi connectivity index (χ0n) is 11.9. The number of nitrogens with zero attached hydrogens (tertiary/aromatic N) is 1. The lowest BCUT2D eigenvalue weighted by molar-refractivity contribution is 0.417. The van der Waals surface area contributed by atoms with Crippen LogP contribution in [0.4, 0.5) is 11.4 Å². The zero-order chi connectivity index (χ0) is 16.4. The topological polar surface area (TPSA) is 92.8 Å². The molecule has 0 radical (unpaired) electrons. The molecule has 2 rings (SSSR count). The molecule has 1 aliphatic heterocycles. The Balaban J connectivity index is 2.35. The first-order chi connectivity index (χ1) is 10.3. The molecule has 0 aromatic heterocycles. The average Bonchev–Trinajstić information content (AvgIpc) is 2.78. The molecule has 1 aliphatic rings. The lowest BCUT2D eigenvalue weighted by Gasteiger charge is -2.19. The molecular formula is C13H16N2O5S2. The van der Waals surface area contributed by atoms with E-state index in [9.17, 15) is 16.8 Å². The maximum Gasteiger partial charge on any atom is 0.244 e. The van der Waals surface area contributed by atoms with Gasteiger partial charge < -0.3 is 4.74 Å². The summed E-state index contributed by atoms with van der Waals surface area (Å²) in [6, 6.07) is 4.46. The van der Waals surface area contributed by atoms with Crippen LogP contribution in [0.25, 0.3) is 0 Å². The molecule has 1 N–H and O–H groups in total. The summed E-state index contributed by atoms with van der Waals surface area (Å²) < 4.78 is 56.0. The van der Waals surface area contributed by atoms with Crippen LogP contribution in [0, 0.1) is 12.3 Å². The smallest absolute Gasteiger partial charge is 0.244 e. The minimum atomic E-state index is -3.67. The van der Waals surface area contributed by atoms with Crippen LogP contribution in [0.5, 0.6) is 5.75 Å². The summed E-state index contributed by atoms with van der Waals surface area (Å²) in [6.45, 7) is 0.396. The molecule has 0 amide bonds. The highest BCUT2D eigenvalue weighted by Crippen LogP contribution is 2.33. The molecule has 0 spiro atoms. The van der Waals surface area contributed by atoms with Gasteiger partial charge in [-0.25, -0.2) is 16.8 Å². The van der Waals surface area contributed by atoms with Crippen molar-refractivity contribution in [3.8, 4) is 18.1 Å². The Bertz CT molecular complexity index is 809. The standard InChI is InChI=1S/C13H16N2O5S2/c1-3-8-21(16,17)14-12-6-5-11(10-13(12)20-2)15-7-4-9-22(15,18)19/h1,5-6,10,14H,4,7-9H2,2H3. The van der Waals surface area contributed by atoms with Crippen molar-refractivity contribution < 1.29 is 21.6 Å². The molecule has 1 saturated heterocycles. The Hall–Kier alpha value is -1.92. The number of sulfonamides is 2. The number of terminal acetylenes is 1. The van der Waals surface area contributed by atoms with Gasteiger partial charge in [0.1, 0.15) is 11.5 Å². The lowest BCUT2D eigenvalue weighted by Crippen LogP contribution is -2.25. The molecular weight excluding hydrogens is 328 g/mol. The number of nitrogens with one attached hydrogen (secondary N) is 1. The second kappa shape index (κ2) is 6.06. The second-order valence-corrected chi connectivity index (χ2v) is 8.43. The largest absolute Gasteiger partial charge is 0.494 e. The van der Waals surface area contributed by atoms with E-state index in [1.54, 1.807) is 0 Å². The summed E-state index contributed by atoms with van der Waals surface area (Å²) in [5, 5.41) is 0. The fourth-order valence-corrected chi connectivity index (χ4v) is 4.51. The number of rotatable bonds is 5. The van der Waals surface area contributed by atoms with Gasteiger partial charge in [-0.2, -0.15) is 0 Å². The normalized spacial score (nSPS) is 17.0. The maximum atomic E-state index is 11.9. The van der Waals surface area contributed by atoms with E-state index in [0.29, 0.717) is 18.7 Å². The van der Waals surface area contributed by atoms with Crippen molar-refractivity contribution in [2.45, 2.75) is 6.42 Å². The monoisotopic (exact) mass is 344 g/mol. The predicted molar refractivity (Wildman–Crippen MR) is 85.0 cm³/mol. The van der Waals surface area contributed by atoms with E-state index in [0.717, 1.165) is 0 Å². The van der Waals surface area contributed by atoms with Gasteiger partial charge in [-0.3, -0.25) is 9.03 Å². The minimum absolute atomic E-state index is 0.103. The Morgan fingerprint density at radius 3 is 2.73 bits per heavy atom. The molecule has 7 nitrogen and oxygen atoms in total. The average molecular weight is 344 g/mol. The Labute approximate surface area is 130 Å². The molecule has 0 bridgehead atoms. The van der Waals surface area contributed by atoms with Gasteiger partial charge in [0, 0.05) is 12.6 Å². The van der Waals surface area contributed by atoms with Crippen LogP contribution in [0.15, 0.2) is 18.2 Å². The van der Waals surface area contributed by atoms with Crippen molar-refractivity contribution in [3.63, 3.8) is 0 Å². The number of benzene rings is 1. The molecule has 0 unspecified atom stereocenters. The van der Waals surface area contributed by atoms with E-state index >= 15 is 0 Å². The van der Waals surface area contributed by atoms with Gasteiger partial charge in [0.15, 0.2) is 0 Å². The van der Waals surface area contributed by atoms with E-state index in [2.05, 4.69) is 10.6 Å². The minimum Gasteiger partial charge on any atom is -0.494 e. The van der Waals surface area contributed by atoms with Crippen LogP contribution < -0.4 is 13.8 Å². The van der Waals surface area contributed by atoms with E-state index in [-0.39, 0.29) is 17.2 Å². The molecule has 0 saturated carbocycles. The molecule has 120 valence electrons. The van der Waals surface area contributed by atoms with Crippen molar-refractivity contribution in [2.75, 3.05) is 34.2 Å². The van der Waals surface area contributed by atoms with Crippen LogP contribution in [-0.2, 0) is 20.0 Å². The summed E-state index contributed by atoms with van der Waals surface area (Å²) >= 11 is 0. The van der Waals surface area contributed by atoms with Gasteiger partial charge in [0.05, 0.1) is 24.2 Å². The SMILES string of the molecule is C#CCS(=O)(=O)Nc1ccc(N2CCCS2(=O)=O)cc1OC. The van der Waals surface area contributed by atoms with E-state index in [4.69, 9.17) is 11.2 Å². The predicted octanol–water partition coefficient (Wildman–Crippen LogP) is 0.610.